The van der Waals surface area contributed by atoms with E-state index in [4.69, 9.17) is 10.5 Å². The minimum absolute atomic E-state index is 0.255. The zero-order valence-electron chi connectivity index (χ0n) is 16.2. The number of rotatable bonds is 5. The lowest BCUT2D eigenvalue weighted by atomic mass is 10.1. The monoisotopic (exact) mass is 388 g/mol. The number of pyridine rings is 1. The molecule has 1 aromatic carbocycles. The zero-order chi connectivity index (χ0) is 19.6. The van der Waals surface area contributed by atoms with Crippen molar-refractivity contribution in [2.24, 2.45) is 0 Å². The zero-order valence-corrected chi connectivity index (χ0v) is 17.0. The van der Waals surface area contributed by atoms with Crippen LogP contribution in [0.25, 0.3) is 0 Å². The van der Waals surface area contributed by atoms with E-state index in [0.29, 0.717) is 18.8 Å². The van der Waals surface area contributed by atoms with Crippen molar-refractivity contribution in [3.05, 3.63) is 41.6 Å². The molecule has 146 valence electrons. The molecular formula is C20H28N4O2S. The van der Waals surface area contributed by atoms with Crippen LogP contribution in [-0.4, -0.2) is 45.6 Å². The Labute approximate surface area is 161 Å². The van der Waals surface area contributed by atoms with Crippen molar-refractivity contribution in [1.82, 2.24) is 9.29 Å². The molecule has 0 amide bonds. The molecule has 1 saturated heterocycles. The lowest BCUT2D eigenvalue weighted by Crippen LogP contribution is -2.42. The van der Waals surface area contributed by atoms with Crippen LogP contribution < -0.4 is 15.8 Å². The molecule has 1 atom stereocenters. The van der Waals surface area contributed by atoms with Gasteiger partial charge in [0.2, 0.25) is 0 Å². The average Bonchev–Trinajstić information content (AvgIpc) is 2.65. The van der Waals surface area contributed by atoms with E-state index in [1.165, 1.54) is 0 Å². The van der Waals surface area contributed by atoms with Crippen LogP contribution in [0.15, 0.2) is 35.2 Å². The molecule has 6 nitrogen and oxygen atoms in total. The highest BCUT2D eigenvalue weighted by Crippen LogP contribution is 2.27. The van der Waals surface area contributed by atoms with Gasteiger partial charge >= 0.3 is 0 Å². The number of anilines is 2. The van der Waals surface area contributed by atoms with E-state index >= 15 is 0 Å². The fourth-order valence-corrected chi connectivity index (χ4v) is 5.11. The van der Waals surface area contributed by atoms with Gasteiger partial charge in [0, 0.05) is 29.7 Å². The number of nitrogens with zero attached hydrogens (tertiary/aromatic N) is 2. The van der Waals surface area contributed by atoms with E-state index in [1.54, 1.807) is 7.11 Å². The summed E-state index contributed by atoms with van der Waals surface area (Å²) < 4.78 is 20.7. The Morgan fingerprint density at radius 3 is 2.59 bits per heavy atom. The van der Waals surface area contributed by atoms with Crippen molar-refractivity contribution in [3.63, 3.8) is 0 Å². The van der Waals surface area contributed by atoms with Crippen molar-refractivity contribution in [2.45, 2.75) is 37.6 Å². The first-order chi connectivity index (χ1) is 12.8. The third-order valence-corrected chi connectivity index (χ3v) is 7.20. The number of hydrogen-bond donors (Lipinski definition) is 2. The molecule has 1 fully saturated rings. The number of benzene rings is 1. The van der Waals surface area contributed by atoms with Crippen LogP contribution in [-0.2, 0) is 9.71 Å². The maximum atomic E-state index is 13.4. The van der Waals surface area contributed by atoms with Gasteiger partial charge in [-0.3, -0.25) is 0 Å². The number of nitrogen functional groups attached to an aromatic ring is 1. The molecular weight excluding hydrogens is 360 g/mol. The van der Waals surface area contributed by atoms with E-state index in [0.717, 1.165) is 40.6 Å². The lowest BCUT2D eigenvalue weighted by molar-refractivity contribution is 0.344. The molecule has 1 aliphatic heterocycles. The van der Waals surface area contributed by atoms with Crippen LogP contribution in [0.2, 0.25) is 0 Å². The molecule has 2 heterocycles. The lowest BCUT2D eigenvalue weighted by Gasteiger charge is -2.34. The maximum absolute atomic E-state index is 13.4. The Hall–Kier alpha value is -2.25. The van der Waals surface area contributed by atoms with Crippen molar-refractivity contribution in [3.8, 4) is 5.75 Å². The molecule has 0 radical (unpaired) electrons. The summed E-state index contributed by atoms with van der Waals surface area (Å²) >= 11 is 0. The Kier molecular flexibility index (Phi) is 5.62. The summed E-state index contributed by atoms with van der Waals surface area (Å²) in [7, 11) is -0.875. The summed E-state index contributed by atoms with van der Waals surface area (Å²) in [5.74, 6) is 5.58. The number of nitrogens with one attached hydrogen (secondary N) is 1. The maximum Gasteiger partial charge on any atom is 0.149 e. The van der Waals surface area contributed by atoms with E-state index < -0.39 is 9.71 Å². The summed E-state index contributed by atoms with van der Waals surface area (Å²) in [5.41, 5.74) is 8.56. The number of methoxy groups -OCH3 is 1. The summed E-state index contributed by atoms with van der Waals surface area (Å²) in [6, 6.07) is 9.65. The third kappa shape index (κ3) is 4.20. The van der Waals surface area contributed by atoms with Crippen molar-refractivity contribution in [1.29, 1.82) is 0 Å². The number of aryl methyl sites for hydroxylation is 2. The van der Waals surface area contributed by atoms with Gasteiger partial charge in [-0.25, -0.2) is 13.5 Å². The highest BCUT2D eigenvalue weighted by molar-refractivity contribution is 7.98. The number of aromatic nitrogens is 1. The topological polar surface area (TPSA) is 80.5 Å². The highest BCUT2D eigenvalue weighted by atomic mass is 32.2. The highest BCUT2D eigenvalue weighted by Gasteiger charge is 2.26. The summed E-state index contributed by atoms with van der Waals surface area (Å²) in [6.45, 7) is 5.31. The van der Waals surface area contributed by atoms with E-state index in [9.17, 15) is 4.21 Å². The van der Waals surface area contributed by atoms with Gasteiger partial charge in [-0.05, 0) is 68.5 Å². The Morgan fingerprint density at radius 1 is 1.26 bits per heavy atom. The third-order valence-electron chi connectivity index (χ3n) is 5.01. The normalized spacial score (nSPS) is 18.0. The van der Waals surface area contributed by atoms with Gasteiger partial charge in [0.25, 0.3) is 0 Å². The van der Waals surface area contributed by atoms with Crippen LogP contribution >= 0.6 is 0 Å². The minimum atomic E-state index is -2.51. The van der Waals surface area contributed by atoms with E-state index in [2.05, 4.69) is 16.2 Å². The van der Waals surface area contributed by atoms with Crippen LogP contribution in [0, 0.1) is 13.8 Å². The SMILES string of the molecule is C=S(=O)(c1ccc(OC)c(C)c1)N1CCC(Nc2nc(C)ccc2N)CC1. The van der Waals surface area contributed by atoms with Gasteiger partial charge in [0.15, 0.2) is 0 Å². The summed E-state index contributed by atoms with van der Waals surface area (Å²) in [6.07, 6.45) is 1.72. The van der Waals surface area contributed by atoms with Crippen LogP contribution in [0.5, 0.6) is 5.75 Å². The van der Waals surface area contributed by atoms with Gasteiger partial charge in [0.1, 0.15) is 11.6 Å². The number of piperidine rings is 1. The first-order valence-corrected chi connectivity index (χ1v) is 10.8. The fourth-order valence-electron chi connectivity index (χ4n) is 3.37. The molecule has 7 heteroatoms. The second-order valence-corrected chi connectivity index (χ2v) is 9.28. The molecule has 3 N–H and O–H groups in total. The van der Waals surface area contributed by atoms with Crippen LogP contribution in [0.1, 0.15) is 24.1 Å². The van der Waals surface area contributed by atoms with Gasteiger partial charge < -0.3 is 15.8 Å². The number of nitrogens with two attached hydrogens (primary N) is 1. The van der Waals surface area contributed by atoms with Gasteiger partial charge in [-0.2, -0.15) is 0 Å². The Morgan fingerprint density at radius 2 is 1.96 bits per heavy atom. The minimum Gasteiger partial charge on any atom is -0.496 e. The predicted octanol–water partition coefficient (Wildman–Crippen LogP) is 2.86. The molecule has 0 saturated carbocycles. The van der Waals surface area contributed by atoms with Crippen molar-refractivity contribution < 1.29 is 8.95 Å². The largest absolute Gasteiger partial charge is 0.496 e. The number of ether oxygens (including phenoxy) is 1. The average molecular weight is 389 g/mol. The van der Waals surface area contributed by atoms with Crippen LogP contribution in [0.4, 0.5) is 11.5 Å². The second-order valence-electron chi connectivity index (χ2n) is 7.01. The van der Waals surface area contributed by atoms with Crippen molar-refractivity contribution in [2.75, 3.05) is 31.2 Å². The standard InChI is InChI=1S/C20H28N4O2S/c1-14-13-17(6-8-19(14)26-3)27(4,25)24-11-9-16(10-12-24)23-20-18(21)7-5-15(2)22-20/h5-8,13,16H,4,9-12,21H2,1-3H3,(H,22,23). The smallest absolute Gasteiger partial charge is 0.149 e. The van der Waals surface area contributed by atoms with Crippen molar-refractivity contribution >= 4 is 27.1 Å². The van der Waals surface area contributed by atoms with Crippen LogP contribution in [0.3, 0.4) is 0 Å². The Bertz CT molecular complexity index is 920. The molecule has 1 aliphatic rings. The molecule has 1 aromatic heterocycles. The molecule has 0 bridgehead atoms. The predicted molar refractivity (Wildman–Crippen MR) is 113 cm³/mol. The number of hydrogen-bond acceptors (Lipinski definition) is 5. The molecule has 1 unspecified atom stereocenters. The molecule has 0 aliphatic carbocycles. The second kappa shape index (κ2) is 7.78. The molecule has 3 rings (SSSR count). The Balaban J connectivity index is 1.67. The molecule has 0 spiro atoms. The van der Waals surface area contributed by atoms with E-state index in [1.807, 2.05) is 48.5 Å². The van der Waals surface area contributed by atoms with E-state index in [-0.39, 0.29) is 6.04 Å². The first-order valence-electron chi connectivity index (χ1n) is 9.08. The quantitative estimate of drug-likeness (QED) is 0.770. The van der Waals surface area contributed by atoms with Gasteiger partial charge in [0.05, 0.1) is 22.5 Å². The fraction of sp³-hybridized carbons (Fsp3) is 0.400. The first kappa shape index (κ1) is 19.5. The summed E-state index contributed by atoms with van der Waals surface area (Å²) in [5, 5.41) is 3.43. The molecule has 27 heavy (non-hydrogen) atoms. The van der Waals surface area contributed by atoms with Gasteiger partial charge in [-0.1, -0.05) is 0 Å². The molecule has 2 aromatic rings. The van der Waals surface area contributed by atoms with Gasteiger partial charge in [-0.15, -0.1) is 0 Å². The summed E-state index contributed by atoms with van der Waals surface area (Å²) in [4.78, 5) is 5.22.